The number of methoxy groups -OCH3 is 1. The summed E-state index contributed by atoms with van der Waals surface area (Å²) in [5.41, 5.74) is -1.07. The highest BCUT2D eigenvalue weighted by Crippen LogP contribution is 2.34. The molecule has 0 saturated heterocycles. The van der Waals surface area contributed by atoms with E-state index < -0.39 is 11.4 Å². The first-order valence-electron chi connectivity index (χ1n) is 5.90. The van der Waals surface area contributed by atoms with E-state index in [1.54, 1.807) is 6.92 Å². The van der Waals surface area contributed by atoms with Crippen LogP contribution in [0.1, 0.15) is 26.7 Å². The first kappa shape index (κ1) is 14.8. The smallest absolute Gasteiger partial charge is 0.320 e. The molecule has 0 N–H and O–H groups in total. The van der Waals surface area contributed by atoms with Gasteiger partial charge in [-0.3, -0.25) is 9.59 Å². The van der Waals surface area contributed by atoms with E-state index in [9.17, 15) is 9.59 Å². The van der Waals surface area contributed by atoms with Crippen LogP contribution in [0, 0.1) is 5.41 Å². The van der Waals surface area contributed by atoms with Crippen molar-refractivity contribution in [1.82, 2.24) is 0 Å². The molecule has 0 amide bonds. The molecule has 0 aliphatic rings. The Morgan fingerprint density at radius 3 is 2.39 bits per heavy atom. The monoisotopic (exact) mass is 266 g/mol. The summed E-state index contributed by atoms with van der Waals surface area (Å²) in [6, 6.07) is 9.33. The van der Waals surface area contributed by atoms with E-state index in [2.05, 4.69) is 0 Å². The third-order valence-corrected chi connectivity index (χ3v) is 3.93. The van der Waals surface area contributed by atoms with Crippen molar-refractivity contribution in [1.29, 1.82) is 0 Å². The van der Waals surface area contributed by atoms with Crippen LogP contribution in [0.2, 0.25) is 0 Å². The second-order valence-corrected chi connectivity index (χ2v) is 5.32. The van der Waals surface area contributed by atoms with Crippen molar-refractivity contribution < 1.29 is 14.3 Å². The molecule has 0 fully saturated rings. The molecule has 0 spiro atoms. The van der Waals surface area contributed by atoms with Gasteiger partial charge in [-0.15, -0.1) is 0 Å². The third kappa shape index (κ3) is 3.35. The Balaban J connectivity index is 2.87. The van der Waals surface area contributed by atoms with Crippen molar-refractivity contribution >= 4 is 22.8 Å². The Morgan fingerprint density at radius 1 is 1.28 bits per heavy atom. The fraction of sp³-hybridized carbons (Fsp3) is 0.429. The molecule has 0 heterocycles. The van der Waals surface area contributed by atoms with Crippen LogP contribution in [-0.4, -0.2) is 18.2 Å². The van der Waals surface area contributed by atoms with E-state index in [0.717, 1.165) is 23.1 Å². The Morgan fingerprint density at radius 2 is 1.89 bits per heavy atom. The molecular formula is C14H18O3S. The van der Waals surface area contributed by atoms with Crippen molar-refractivity contribution in [3.05, 3.63) is 30.3 Å². The van der Waals surface area contributed by atoms with Crippen LogP contribution in [0.15, 0.2) is 35.2 Å². The van der Waals surface area contributed by atoms with Gasteiger partial charge in [-0.25, -0.2) is 0 Å². The molecule has 0 aliphatic heterocycles. The summed E-state index contributed by atoms with van der Waals surface area (Å²) < 4.78 is 4.75. The van der Waals surface area contributed by atoms with Gasteiger partial charge < -0.3 is 4.74 Å². The Labute approximate surface area is 112 Å². The minimum atomic E-state index is -1.07. The average molecular weight is 266 g/mol. The summed E-state index contributed by atoms with van der Waals surface area (Å²) in [7, 11) is 1.32. The zero-order valence-corrected chi connectivity index (χ0v) is 11.8. The van der Waals surface area contributed by atoms with Crippen LogP contribution in [0.25, 0.3) is 0 Å². The van der Waals surface area contributed by atoms with Crippen LogP contribution in [0.5, 0.6) is 0 Å². The number of ether oxygens (including phenoxy) is 1. The molecule has 0 aromatic heterocycles. The van der Waals surface area contributed by atoms with Gasteiger partial charge in [-0.2, -0.15) is 0 Å². The summed E-state index contributed by atoms with van der Waals surface area (Å²) in [5, 5.41) is -0.164. The average Bonchev–Trinajstić information content (AvgIpc) is 2.39. The summed E-state index contributed by atoms with van der Waals surface area (Å²) in [6.07, 6.45) is 1.25. The van der Waals surface area contributed by atoms with Crippen molar-refractivity contribution in [2.24, 2.45) is 5.41 Å². The van der Waals surface area contributed by atoms with Crippen LogP contribution in [0.3, 0.4) is 0 Å². The number of hydrogen-bond acceptors (Lipinski definition) is 4. The first-order valence-corrected chi connectivity index (χ1v) is 6.72. The van der Waals surface area contributed by atoms with Crippen LogP contribution >= 0.6 is 11.8 Å². The van der Waals surface area contributed by atoms with Gasteiger partial charge in [0.05, 0.1) is 7.11 Å². The molecule has 0 aliphatic carbocycles. The highest BCUT2D eigenvalue weighted by Gasteiger charge is 2.41. The van der Waals surface area contributed by atoms with Gasteiger partial charge in [0, 0.05) is 4.90 Å². The van der Waals surface area contributed by atoms with Gasteiger partial charge in [0.15, 0.2) is 0 Å². The molecule has 3 nitrogen and oxygen atoms in total. The van der Waals surface area contributed by atoms with Crippen molar-refractivity contribution in [2.75, 3.05) is 7.11 Å². The predicted molar refractivity (Wildman–Crippen MR) is 72.3 cm³/mol. The Bertz CT molecular complexity index is 416. The van der Waals surface area contributed by atoms with Crippen molar-refractivity contribution in [2.45, 2.75) is 31.6 Å². The summed E-state index contributed by atoms with van der Waals surface area (Å²) in [5.74, 6) is -0.460. The molecule has 1 aromatic rings. The lowest BCUT2D eigenvalue weighted by Crippen LogP contribution is -2.35. The summed E-state index contributed by atoms with van der Waals surface area (Å²) >= 11 is 1.09. The molecule has 1 atom stereocenters. The molecule has 0 bridgehead atoms. The topological polar surface area (TPSA) is 43.4 Å². The second-order valence-electron chi connectivity index (χ2n) is 4.28. The highest BCUT2D eigenvalue weighted by molar-refractivity contribution is 8.13. The lowest BCUT2D eigenvalue weighted by Gasteiger charge is -2.23. The minimum Gasteiger partial charge on any atom is -0.468 e. The molecular weight excluding hydrogens is 248 g/mol. The van der Waals surface area contributed by atoms with Gasteiger partial charge in [-0.1, -0.05) is 43.3 Å². The maximum atomic E-state index is 12.3. The molecule has 4 heteroatoms. The fourth-order valence-corrected chi connectivity index (χ4v) is 2.64. The van der Waals surface area contributed by atoms with Crippen LogP contribution in [0.4, 0.5) is 0 Å². The lowest BCUT2D eigenvalue weighted by molar-refractivity contribution is -0.154. The second kappa shape index (κ2) is 6.59. The maximum Gasteiger partial charge on any atom is 0.320 e. The van der Waals surface area contributed by atoms with Gasteiger partial charge in [0.2, 0.25) is 5.12 Å². The fourth-order valence-electron chi connectivity index (χ4n) is 1.72. The van der Waals surface area contributed by atoms with E-state index in [4.69, 9.17) is 4.74 Å². The Hall–Kier alpha value is -1.29. The van der Waals surface area contributed by atoms with E-state index in [1.807, 2.05) is 37.3 Å². The molecule has 1 unspecified atom stereocenters. The standard InChI is InChI=1S/C14H18O3S/c1-4-10-14(2,12(15)17-3)13(16)18-11-8-6-5-7-9-11/h5-9H,4,10H2,1-3H3. The Kier molecular flexibility index (Phi) is 5.41. The van der Waals surface area contributed by atoms with Gasteiger partial charge in [0.25, 0.3) is 0 Å². The molecule has 1 aromatic carbocycles. The number of carbonyl (C=O) groups is 2. The van der Waals surface area contributed by atoms with Crippen LogP contribution in [-0.2, 0) is 14.3 Å². The number of esters is 1. The zero-order chi connectivity index (χ0) is 13.6. The van der Waals surface area contributed by atoms with Gasteiger partial charge in [0.1, 0.15) is 5.41 Å². The number of benzene rings is 1. The van der Waals surface area contributed by atoms with E-state index in [1.165, 1.54) is 7.11 Å². The van der Waals surface area contributed by atoms with E-state index in [-0.39, 0.29) is 5.12 Å². The third-order valence-electron chi connectivity index (χ3n) is 2.79. The molecule has 98 valence electrons. The zero-order valence-electron chi connectivity index (χ0n) is 10.9. The lowest BCUT2D eigenvalue weighted by atomic mass is 9.87. The van der Waals surface area contributed by atoms with Crippen molar-refractivity contribution in [3.8, 4) is 0 Å². The molecule has 0 radical (unpaired) electrons. The SMILES string of the molecule is CCCC(C)(C(=O)OC)C(=O)Sc1ccccc1. The molecule has 0 saturated carbocycles. The van der Waals surface area contributed by atoms with Crippen molar-refractivity contribution in [3.63, 3.8) is 0 Å². The molecule has 1 rings (SSSR count). The highest BCUT2D eigenvalue weighted by atomic mass is 32.2. The first-order chi connectivity index (χ1) is 8.54. The normalized spacial score (nSPS) is 13.7. The minimum absolute atomic E-state index is 0.164. The number of hydrogen-bond donors (Lipinski definition) is 0. The summed E-state index contributed by atoms with van der Waals surface area (Å²) in [4.78, 5) is 24.9. The van der Waals surface area contributed by atoms with E-state index in [0.29, 0.717) is 6.42 Å². The number of carbonyl (C=O) groups excluding carboxylic acids is 2. The molecule has 18 heavy (non-hydrogen) atoms. The largest absolute Gasteiger partial charge is 0.468 e. The van der Waals surface area contributed by atoms with Gasteiger partial charge >= 0.3 is 5.97 Å². The maximum absolute atomic E-state index is 12.3. The van der Waals surface area contributed by atoms with Gasteiger partial charge in [-0.05, 0) is 25.5 Å². The quantitative estimate of drug-likeness (QED) is 0.466. The number of thioether (sulfide) groups is 1. The predicted octanol–water partition coefficient (Wildman–Crippen LogP) is 3.28. The van der Waals surface area contributed by atoms with Crippen LogP contribution < -0.4 is 0 Å². The number of rotatable bonds is 5. The summed E-state index contributed by atoms with van der Waals surface area (Å²) in [6.45, 7) is 3.60. The van der Waals surface area contributed by atoms with E-state index >= 15 is 0 Å².